The molecule has 3 heterocycles. The van der Waals surface area contributed by atoms with Crippen molar-refractivity contribution in [2.75, 3.05) is 6.54 Å². The minimum absolute atomic E-state index is 0.296. The average Bonchev–Trinajstić information content (AvgIpc) is 3.45. The average molecular weight is 405 g/mol. The number of hydrogen-bond donors (Lipinski definition) is 2. The zero-order valence-electron chi connectivity index (χ0n) is 17.1. The summed E-state index contributed by atoms with van der Waals surface area (Å²) < 4.78 is 7.45. The van der Waals surface area contributed by atoms with E-state index < -0.39 is 0 Å². The lowest BCUT2D eigenvalue weighted by atomic mass is 9.88. The Kier molecular flexibility index (Phi) is 5.50. The molecule has 0 amide bonds. The van der Waals surface area contributed by atoms with Crippen LogP contribution in [0.3, 0.4) is 0 Å². The first-order valence-corrected chi connectivity index (χ1v) is 10.9. The van der Waals surface area contributed by atoms with E-state index in [0.717, 1.165) is 62.6 Å². The monoisotopic (exact) mass is 404 g/mol. The van der Waals surface area contributed by atoms with Crippen molar-refractivity contribution in [1.29, 1.82) is 0 Å². The van der Waals surface area contributed by atoms with Crippen LogP contribution >= 0.6 is 0 Å². The second-order valence-corrected chi connectivity index (χ2v) is 8.15. The van der Waals surface area contributed by atoms with E-state index in [1.54, 1.807) is 12.6 Å². The summed E-state index contributed by atoms with van der Waals surface area (Å²) in [6.07, 6.45) is 9.39. The minimum atomic E-state index is 0.296. The van der Waals surface area contributed by atoms with E-state index in [2.05, 4.69) is 45.0 Å². The molecule has 2 unspecified atom stereocenters. The van der Waals surface area contributed by atoms with Gasteiger partial charge in [-0.2, -0.15) is 5.10 Å². The molecular weight excluding hydrogens is 376 g/mol. The molecular formula is C23H28N6O. The van der Waals surface area contributed by atoms with Gasteiger partial charge < -0.3 is 15.1 Å². The molecule has 7 heteroatoms. The van der Waals surface area contributed by atoms with Crippen LogP contribution in [0.2, 0.25) is 0 Å². The third-order valence-electron chi connectivity index (χ3n) is 6.04. The summed E-state index contributed by atoms with van der Waals surface area (Å²) in [5, 5.41) is 11.7. The van der Waals surface area contributed by atoms with Gasteiger partial charge in [0.15, 0.2) is 5.96 Å². The first-order valence-electron chi connectivity index (χ1n) is 10.9. The van der Waals surface area contributed by atoms with Gasteiger partial charge in [-0.05, 0) is 48.9 Å². The summed E-state index contributed by atoms with van der Waals surface area (Å²) in [5.74, 6) is 2.93. The quantitative estimate of drug-likeness (QED) is 0.505. The summed E-state index contributed by atoms with van der Waals surface area (Å²) in [4.78, 5) is 9.21. The Balaban J connectivity index is 1.26. The van der Waals surface area contributed by atoms with Crippen LogP contribution < -0.4 is 10.6 Å². The molecule has 30 heavy (non-hydrogen) atoms. The smallest absolute Gasteiger partial charge is 0.191 e. The Hall–Kier alpha value is -3.09. The van der Waals surface area contributed by atoms with Gasteiger partial charge in [0.05, 0.1) is 12.8 Å². The van der Waals surface area contributed by atoms with Crippen LogP contribution in [0, 0.1) is 0 Å². The normalized spacial score (nSPS) is 21.0. The van der Waals surface area contributed by atoms with Crippen LogP contribution in [-0.4, -0.2) is 39.4 Å². The molecule has 0 spiro atoms. The predicted octanol–water partition coefficient (Wildman–Crippen LogP) is 2.52. The largest absolute Gasteiger partial charge is 0.469 e. The van der Waals surface area contributed by atoms with E-state index in [1.165, 1.54) is 11.1 Å². The molecule has 3 aromatic rings. The molecule has 2 N–H and O–H groups in total. The Bertz CT molecular complexity index is 993. The van der Waals surface area contributed by atoms with Crippen molar-refractivity contribution in [3.63, 3.8) is 0 Å². The summed E-state index contributed by atoms with van der Waals surface area (Å²) >= 11 is 0. The first-order chi connectivity index (χ1) is 14.8. The molecule has 2 atom stereocenters. The van der Waals surface area contributed by atoms with Crippen molar-refractivity contribution in [2.45, 2.75) is 57.2 Å². The highest BCUT2D eigenvalue weighted by atomic mass is 16.3. The second-order valence-electron chi connectivity index (χ2n) is 8.15. The predicted molar refractivity (Wildman–Crippen MR) is 115 cm³/mol. The zero-order chi connectivity index (χ0) is 20.2. The zero-order valence-corrected chi connectivity index (χ0v) is 17.1. The van der Waals surface area contributed by atoms with Crippen LogP contribution in [0.25, 0.3) is 0 Å². The number of nitrogens with one attached hydrogen (secondary N) is 2. The molecule has 0 bridgehead atoms. The molecule has 1 aliphatic carbocycles. The number of rotatable bonds is 5. The number of hydrogen-bond acceptors (Lipinski definition) is 4. The summed E-state index contributed by atoms with van der Waals surface area (Å²) in [5.41, 5.74) is 2.92. The van der Waals surface area contributed by atoms with Gasteiger partial charge in [0.25, 0.3) is 0 Å². The molecule has 5 rings (SSSR count). The SMILES string of the molecule is c1coc(CCN=C(NC2CCc3ccccc3C2)NC2CCc3ncnn3C2)c1. The number of nitrogens with zero attached hydrogens (tertiary/aromatic N) is 4. The number of aryl methyl sites for hydroxylation is 2. The van der Waals surface area contributed by atoms with Crippen molar-refractivity contribution >= 4 is 5.96 Å². The highest BCUT2D eigenvalue weighted by Crippen LogP contribution is 2.21. The fourth-order valence-electron chi connectivity index (χ4n) is 4.43. The topological polar surface area (TPSA) is 80.3 Å². The third-order valence-corrected chi connectivity index (χ3v) is 6.04. The van der Waals surface area contributed by atoms with Crippen LogP contribution in [0.5, 0.6) is 0 Å². The van der Waals surface area contributed by atoms with Gasteiger partial charge in [-0.15, -0.1) is 0 Å². The summed E-state index contributed by atoms with van der Waals surface area (Å²) in [6, 6.07) is 13.4. The molecule has 2 aliphatic rings. The molecule has 7 nitrogen and oxygen atoms in total. The van der Waals surface area contributed by atoms with E-state index in [0.29, 0.717) is 18.6 Å². The van der Waals surface area contributed by atoms with Gasteiger partial charge in [0.1, 0.15) is 17.9 Å². The summed E-state index contributed by atoms with van der Waals surface area (Å²) in [7, 11) is 0. The minimum Gasteiger partial charge on any atom is -0.469 e. The fraction of sp³-hybridized carbons (Fsp3) is 0.435. The molecule has 156 valence electrons. The third kappa shape index (κ3) is 4.40. The number of benzene rings is 1. The number of furan rings is 1. The van der Waals surface area contributed by atoms with E-state index in [-0.39, 0.29) is 0 Å². The van der Waals surface area contributed by atoms with Gasteiger partial charge in [-0.1, -0.05) is 24.3 Å². The van der Waals surface area contributed by atoms with Gasteiger partial charge in [0, 0.05) is 31.5 Å². The van der Waals surface area contributed by atoms with E-state index in [4.69, 9.17) is 9.41 Å². The summed E-state index contributed by atoms with van der Waals surface area (Å²) in [6.45, 7) is 1.51. The molecule has 0 saturated heterocycles. The first kappa shape index (κ1) is 18.9. The Labute approximate surface area is 176 Å². The second kappa shape index (κ2) is 8.73. The molecule has 0 fully saturated rings. The number of guanidine groups is 1. The Morgan fingerprint density at radius 3 is 2.83 bits per heavy atom. The Morgan fingerprint density at radius 2 is 1.93 bits per heavy atom. The molecule has 0 saturated carbocycles. The van der Waals surface area contributed by atoms with E-state index in [1.807, 2.05) is 16.8 Å². The van der Waals surface area contributed by atoms with Crippen molar-refractivity contribution in [1.82, 2.24) is 25.4 Å². The van der Waals surface area contributed by atoms with Crippen LogP contribution in [-0.2, 0) is 32.2 Å². The highest BCUT2D eigenvalue weighted by molar-refractivity contribution is 5.80. The standard InChI is InChI=1S/C23H28N6O/c1-2-5-18-14-19(8-7-17(18)4-1)27-23(24-12-11-21-6-3-13-30-21)28-20-9-10-22-25-16-26-29(22)15-20/h1-6,13,16,19-20H,7-12,14-15H2,(H2,24,27,28). The van der Waals surface area contributed by atoms with Crippen LogP contribution in [0.15, 0.2) is 58.4 Å². The van der Waals surface area contributed by atoms with Crippen LogP contribution in [0.1, 0.15) is 35.6 Å². The lowest BCUT2D eigenvalue weighted by molar-refractivity contribution is 0.389. The molecule has 2 aromatic heterocycles. The lowest BCUT2D eigenvalue weighted by Crippen LogP contribution is -2.51. The lowest BCUT2D eigenvalue weighted by Gasteiger charge is -2.30. The van der Waals surface area contributed by atoms with Crippen molar-refractivity contribution < 1.29 is 4.42 Å². The van der Waals surface area contributed by atoms with Gasteiger partial charge in [0.2, 0.25) is 0 Å². The Morgan fingerprint density at radius 1 is 1.07 bits per heavy atom. The number of aromatic nitrogens is 3. The van der Waals surface area contributed by atoms with Gasteiger partial charge >= 0.3 is 0 Å². The highest BCUT2D eigenvalue weighted by Gasteiger charge is 2.23. The molecule has 0 radical (unpaired) electrons. The fourth-order valence-corrected chi connectivity index (χ4v) is 4.43. The van der Waals surface area contributed by atoms with Crippen molar-refractivity contribution in [3.05, 3.63) is 71.7 Å². The van der Waals surface area contributed by atoms with Gasteiger partial charge in [-0.3, -0.25) is 4.99 Å². The maximum absolute atomic E-state index is 5.46. The maximum atomic E-state index is 5.46. The maximum Gasteiger partial charge on any atom is 0.191 e. The van der Waals surface area contributed by atoms with Gasteiger partial charge in [-0.25, -0.2) is 9.67 Å². The van der Waals surface area contributed by atoms with E-state index >= 15 is 0 Å². The molecule has 1 aromatic carbocycles. The van der Waals surface area contributed by atoms with Crippen LogP contribution in [0.4, 0.5) is 0 Å². The molecule has 1 aliphatic heterocycles. The number of fused-ring (bicyclic) bond motifs is 2. The van der Waals surface area contributed by atoms with E-state index in [9.17, 15) is 0 Å². The van der Waals surface area contributed by atoms with Crippen molar-refractivity contribution in [3.8, 4) is 0 Å². The van der Waals surface area contributed by atoms with Crippen molar-refractivity contribution in [2.24, 2.45) is 4.99 Å². The number of aliphatic imine (C=N–C) groups is 1.